The molecule has 3 N–H and O–H groups in total. The van der Waals surface area contributed by atoms with E-state index in [1.54, 1.807) is 18.2 Å². The Labute approximate surface area is 127 Å². The van der Waals surface area contributed by atoms with Gasteiger partial charge in [-0.05, 0) is 18.1 Å². The van der Waals surface area contributed by atoms with E-state index in [-0.39, 0.29) is 5.92 Å². The number of ether oxygens (including phenoxy) is 1. The number of nitrogens with zero attached hydrogens (tertiary/aromatic N) is 2. The van der Waals surface area contributed by atoms with Gasteiger partial charge in [-0.3, -0.25) is 0 Å². The molecule has 0 amide bonds. The average molecular weight is 313 g/mol. The first-order chi connectivity index (χ1) is 9.52. The summed E-state index contributed by atoms with van der Waals surface area (Å²) in [6.45, 7) is 3.98. The number of hydrogen-bond acceptors (Lipinski definition) is 5. The summed E-state index contributed by atoms with van der Waals surface area (Å²) in [6, 6.07) is 4.98. The lowest BCUT2D eigenvalue weighted by Gasteiger charge is -2.16. The van der Waals surface area contributed by atoms with E-state index in [2.05, 4.69) is 15.4 Å². The third-order valence-corrected chi connectivity index (χ3v) is 3.21. The molecule has 0 bridgehead atoms. The van der Waals surface area contributed by atoms with Gasteiger partial charge in [0.15, 0.2) is 5.82 Å². The minimum absolute atomic E-state index is 0.121. The van der Waals surface area contributed by atoms with Crippen LogP contribution in [0.1, 0.15) is 25.3 Å². The number of nitrogens with two attached hydrogens (primary N) is 1. The van der Waals surface area contributed by atoms with Crippen LogP contribution in [-0.2, 0) is 0 Å². The second-order valence-electron chi connectivity index (χ2n) is 4.42. The zero-order valence-corrected chi connectivity index (χ0v) is 12.5. The molecule has 0 aliphatic heterocycles. The van der Waals surface area contributed by atoms with Crippen molar-refractivity contribution in [3.05, 3.63) is 40.1 Å². The number of benzene rings is 1. The Kier molecular flexibility index (Phi) is 4.65. The van der Waals surface area contributed by atoms with Crippen molar-refractivity contribution in [3.63, 3.8) is 0 Å². The summed E-state index contributed by atoms with van der Waals surface area (Å²) in [5.74, 6) is 6.93. The number of nitrogen functional groups attached to an aromatic ring is 1. The molecule has 0 aliphatic carbocycles. The number of anilines is 1. The van der Waals surface area contributed by atoms with Gasteiger partial charge in [0.1, 0.15) is 12.1 Å². The van der Waals surface area contributed by atoms with Crippen molar-refractivity contribution in [2.24, 2.45) is 5.84 Å². The second-order valence-corrected chi connectivity index (χ2v) is 5.26. The molecule has 0 spiro atoms. The molecule has 0 unspecified atom stereocenters. The van der Waals surface area contributed by atoms with Crippen molar-refractivity contribution in [3.8, 4) is 11.6 Å². The van der Waals surface area contributed by atoms with Crippen molar-refractivity contribution >= 4 is 29.0 Å². The molecule has 5 nitrogen and oxygen atoms in total. The van der Waals surface area contributed by atoms with E-state index in [0.717, 1.165) is 5.56 Å². The van der Waals surface area contributed by atoms with Crippen LogP contribution in [0.4, 0.5) is 5.82 Å². The molecule has 1 aromatic carbocycles. The second kappa shape index (κ2) is 6.26. The van der Waals surface area contributed by atoms with Gasteiger partial charge in [-0.15, -0.1) is 0 Å². The molecule has 0 fully saturated rings. The fourth-order valence-electron chi connectivity index (χ4n) is 1.76. The average Bonchev–Trinajstić information content (AvgIpc) is 2.42. The van der Waals surface area contributed by atoms with Crippen LogP contribution < -0.4 is 16.0 Å². The Bertz CT molecular complexity index is 619. The molecule has 0 aliphatic rings. The Hall–Kier alpha value is -1.56. The van der Waals surface area contributed by atoms with E-state index in [1.807, 2.05) is 13.8 Å². The highest BCUT2D eigenvalue weighted by atomic mass is 35.5. The van der Waals surface area contributed by atoms with Crippen LogP contribution in [0, 0.1) is 0 Å². The number of hydrazine groups is 1. The van der Waals surface area contributed by atoms with E-state index in [9.17, 15) is 0 Å². The lowest BCUT2D eigenvalue weighted by molar-refractivity contribution is 0.452. The fraction of sp³-hybridized carbons (Fsp3) is 0.231. The highest BCUT2D eigenvalue weighted by Gasteiger charge is 2.17. The molecule has 0 saturated carbocycles. The Morgan fingerprint density at radius 3 is 2.65 bits per heavy atom. The largest absolute Gasteiger partial charge is 0.437 e. The summed E-state index contributed by atoms with van der Waals surface area (Å²) < 4.78 is 5.76. The molecule has 0 atom stereocenters. The minimum atomic E-state index is 0.121. The quantitative estimate of drug-likeness (QED) is 0.659. The molecule has 0 radical (unpaired) electrons. The van der Waals surface area contributed by atoms with Gasteiger partial charge in [-0.1, -0.05) is 37.0 Å². The van der Waals surface area contributed by atoms with Crippen molar-refractivity contribution < 1.29 is 4.74 Å². The summed E-state index contributed by atoms with van der Waals surface area (Å²) in [5.41, 5.74) is 3.31. The smallest absolute Gasteiger partial charge is 0.228 e. The maximum atomic E-state index is 6.08. The standard InChI is InChI=1S/C13H14Cl2N4O/c1-7(2)11-12(19-16)17-6-18-13(11)20-10-5-8(14)3-4-9(10)15/h3-7H,16H2,1-2H3,(H,17,18,19). The summed E-state index contributed by atoms with van der Waals surface area (Å²) in [6.07, 6.45) is 1.37. The molecular weight excluding hydrogens is 299 g/mol. The SMILES string of the molecule is CC(C)c1c(NN)ncnc1Oc1cc(Cl)ccc1Cl. The van der Waals surface area contributed by atoms with Crippen LogP contribution >= 0.6 is 23.2 Å². The molecule has 7 heteroatoms. The summed E-state index contributed by atoms with van der Waals surface area (Å²) in [5, 5.41) is 0.978. The first-order valence-electron chi connectivity index (χ1n) is 5.97. The van der Waals surface area contributed by atoms with Crippen molar-refractivity contribution in [1.82, 2.24) is 9.97 Å². The first-order valence-corrected chi connectivity index (χ1v) is 6.73. The molecule has 2 aromatic rings. The number of nitrogens with one attached hydrogen (secondary N) is 1. The van der Waals surface area contributed by atoms with Gasteiger partial charge in [0.05, 0.1) is 10.6 Å². The van der Waals surface area contributed by atoms with Crippen molar-refractivity contribution in [2.45, 2.75) is 19.8 Å². The number of halogens is 2. The van der Waals surface area contributed by atoms with E-state index < -0.39 is 0 Å². The third-order valence-electron chi connectivity index (χ3n) is 2.66. The van der Waals surface area contributed by atoms with Crippen molar-refractivity contribution in [1.29, 1.82) is 0 Å². The number of rotatable bonds is 4. The zero-order chi connectivity index (χ0) is 14.7. The topological polar surface area (TPSA) is 73.1 Å². The van der Waals surface area contributed by atoms with Crippen molar-refractivity contribution in [2.75, 3.05) is 5.43 Å². The van der Waals surface area contributed by atoms with E-state index in [4.69, 9.17) is 33.8 Å². The van der Waals surface area contributed by atoms with E-state index >= 15 is 0 Å². The highest BCUT2D eigenvalue weighted by Crippen LogP contribution is 2.36. The predicted octanol–water partition coefficient (Wildman–Crippen LogP) is 3.98. The van der Waals surface area contributed by atoms with Gasteiger partial charge in [-0.2, -0.15) is 0 Å². The maximum absolute atomic E-state index is 6.08. The molecule has 20 heavy (non-hydrogen) atoms. The summed E-state index contributed by atoms with van der Waals surface area (Å²) >= 11 is 12.0. The minimum Gasteiger partial charge on any atom is -0.437 e. The maximum Gasteiger partial charge on any atom is 0.228 e. The zero-order valence-electron chi connectivity index (χ0n) is 11.0. The Morgan fingerprint density at radius 1 is 1.25 bits per heavy atom. The van der Waals surface area contributed by atoms with Crippen LogP contribution in [0.25, 0.3) is 0 Å². The molecule has 2 rings (SSSR count). The lowest BCUT2D eigenvalue weighted by atomic mass is 10.1. The van der Waals surface area contributed by atoms with Gasteiger partial charge in [-0.25, -0.2) is 15.8 Å². The molecule has 106 valence electrons. The van der Waals surface area contributed by atoms with Gasteiger partial charge in [0.2, 0.25) is 5.88 Å². The predicted molar refractivity (Wildman–Crippen MR) is 80.5 cm³/mol. The number of aromatic nitrogens is 2. The van der Waals surface area contributed by atoms with Crippen LogP contribution in [0.15, 0.2) is 24.5 Å². The lowest BCUT2D eigenvalue weighted by Crippen LogP contribution is -2.13. The fourth-order valence-corrected chi connectivity index (χ4v) is 2.07. The van der Waals surface area contributed by atoms with Crippen LogP contribution in [0.5, 0.6) is 11.6 Å². The van der Waals surface area contributed by atoms with Crippen LogP contribution in [0.2, 0.25) is 10.0 Å². The van der Waals surface area contributed by atoms with Gasteiger partial charge in [0.25, 0.3) is 0 Å². The molecule has 1 aromatic heterocycles. The van der Waals surface area contributed by atoms with Gasteiger partial charge < -0.3 is 10.2 Å². The van der Waals surface area contributed by atoms with Crippen LogP contribution in [-0.4, -0.2) is 9.97 Å². The van der Waals surface area contributed by atoms with Gasteiger partial charge in [0, 0.05) is 11.1 Å². The summed E-state index contributed by atoms with van der Waals surface area (Å²) in [4.78, 5) is 8.22. The Balaban J connectivity index is 2.45. The van der Waals surface area contributed by atoms with Crippen LogP contribution in [0.3, 0.4) is 0 Å². The number of hydrogen-bond donors (Lipinski definition) is 2. The third kappa shape index (κ3) is 3.12. The molecule has 1 heterocycles. The van der Waals surface area contributed by atoms with Gasteiger partial charge >= 0.3 is 0 Å². The molecule has 0 saturated heterocycles. The summed E-state index contributed by atoms with van der Waals surface area (Å²) in [7, 11) is 0. The molecular formula is C13H14Cl2N4O. The first kappa shape index (κ1) is 14.8. The highest BCUT2D eigenvalue weighted by molar-refractivity contribution is 6.34. The van der Waals surface area contributed by atoms with E-state index in [0.29, 0.717) is 27.5 Å². The van der Waals surface area contributed by atoms with E-state index in [1.165, 1.54) is 6.33 Å². The Morgan fingerprint density at radius 2 is 2.00 bits per heavy atom. The monoisotopic (exact) mass is 312 g/mol. The normalized spacial score (nSPS) is 10.7.